The lowest BCUT2D eigenvalue weighted by molar-refractivity contribution is 0.814. The van der Waals surface area contributed by atoms with E-state index in [1.54, 1.807) is 11.9 Å². The highest BCUT2D eigenvalue weighted by atomic mass is 32.2. The quantitative estimate of drug-likeness (QED) is 0.659. The molecular weight excluding hydrogens is 180 g/mol. The largest absolute Gasteiger partial charge is 0.173 e. The van der Waals surface area contributed by atoms with Crippen LogP contribution in [0.1, 0.15) is 24.1 Å². The van der Waals surface area contributed by atoms with Gasteiger partial charge in [0, 0.05) is 5.75 Å². The first-order valence-electron chi connectivity index (χ1n) is 4.51. The van der Waals surface area contributed by atoms with E-state index in [0.717, 1.165) is 12.2 Å². The summed E-state index contributed by atoms with van der Waals surface area (Å²) in [5.74, 6) is 0.992. The van der Waals surface area contributed by atoms with Gasteiger partial charge >= 0.3 is 0 Å². The summed E-state index contributed by atoms with van der Waals surface area (Å²) in [4.78, 5) is 0. The normalized spacial score (nSPS) is 20.8. The van der Waals surface area contributed by atoms with Crippen molar-refractivity contribution >= 4 is 11.9 Å². The zero-order valence-corrected chi connectivity index (χ0v) is 8.42. The second kappa shape index (κ2) is 3.92. The Balaban J connectivity index is 2.17. The Morgan fingerprint density at radius 3 is 2.69 bits per heavy atom. The smallest absolute Gasteiger partial charge is 0.108 e. The average Bonchev–Trinajstić information content (AvgIpc) is 2.71. The molecule has 0 N–H and O–H groups in total. The van der Waals surface area contributed by atoms with Crippen LogP contribution in [0.4, 0.5) is 0 Å². The van der Waals surface area contributed by atoms with Gasteiger partial charge in [0.1, 0.15) is 6.04 Å². The summed E-state index contributed by atoms with van der Waals surface area (Å²) in [5, 5.41) is 4.15. The minimum Gasteiger partial charge on any atom is -0.173 e. The molecule has 1 atom stereocenters. The lowest BCUT2D eigenvalue weighted by atomic mass is 10.1. The van der Waals surface area contributed by atoms with Crippen LogP contribution in [0.15, 0.2) is 33.9 Å². The van der Waals surface area contributed by atoms with Crippen LogP contribution in [0.25, 0.3) is 0 Å². The van der Waals surface area contributed by atoms with Gasteiger partial charge in [-0.2, -0.15) is 5.11 Å². The summed E-state index contributed by atoms with van der Waals surface area (Å²) in [6, 6.07) is 8.96. The van der Waals surface area contributed by atoms with Gasteiger partial charge in [0.05, 0.1) is 0 Å². The van der Waals surface area contributed by atoms with Crippen molar-refractivity contribution in [3.05, 3.63) is 35.4 Å². The van der Waals surface area contributed by atoms with Crippen LogP contribution < -0.4 is 0 Å². The van der Waals surface area contributed by atoms with Crippen LogP contribution in [0.3, 0.4) is 0 Å². The van der Waals surface area contributed by atoms with Crippen molar-refractivity contribution in [1.82, 2.24) is 0 Å². The third-order valence-corrected chi connectivity index (χ3v) is 2.92. The van der Waals surface area contributed by atoms with E-state index in [-0.39, 0.29) is 6.04 Å². The third-order valence-electron chi connectivity index (χ3n) is 2.25. The van der Waals surface area contributed by atoms with Gasteiger partial charge in [0.25, 0.3) is 0 Å². The molecule has 1 aromatic carbocycles. The molecular formula is C10H12N2S. The monoisotopic (exact) mass is 192 g/mol. The SMILES string of the molecule is CCc1ccc(C2CSN=N2)cc1. The van der Waals surface area contributed by atoms with Crippen molar-refractivity contribution < 1.29 is 0 Å². The Kier molecular flexibility index (Phi) is 2.64. The molecule has 0 spiro atoms. The van der Waals surface area contributed by atoms with E-state index >= 15 is 0 Å². The minimum atomic E-state index is 0.288. The van der Waals surface area contributed by atoms with Crippen LogP contribution in [0, 0.1) is 0 Å². The molecule has 0 aromatic heterocycles. The van der Waals surface area contributed by atoms with Crippen LogP contribution in [-0.4, -0.2) is 5.75 Å². The Morgan fingerprint density at radius 1 is 1.38 bits per heavy atom. The summed E-state index contributed by atoms with van der Waals surface area (Å²) < 4.78 is 3.93. The molecule has 0 radical (unpaired) electrons. The standard InChI is InChI=1S/C10H12N2S/c1-2-8-3-5-9(6-4-8)10-7-13-12-11-10/h3-6,10H,2,7H2,1H3. The molecule has 0 saturated carbocycles. The molecule has 1 unspecified atom stereocenters. The number of aryl methyl sites for hydroxylation is 1. The number of benzene rings is 1. The molecule has 0 saturated heterocycles. The maximum atomic E-state index is 4.15. The lowest BCUT2D eigenvalue weighted by Gasteiger charge is -2.04. The number of rotatable bonds is 2. The van der Waals surface area contributed by atoms with E-state index < -0.39 is 0 Å². The average molecular weight is 192 g/mol. The van der Waals surface area contributed by atoms with Gasteiger partial charge in [-0.05, 0) is 29.5 Å². The fraction of sp³-hybridized carbons (Fsp3) is 0.400. The van der Waals surface area contributed by atoms with E-state index in [1.165, 1.54) is 11.1 Å². The van der Waals surface area contributed by atoms with Gasteiger partial charge in [-0.1, -0.05) is 31.2 Å². The fourth-order valence-electron chi connectivity index (χ4n) is 1.37. The number of hydrogen-bond donors (Lipinski definition) is 0. The summed E-state index contributed by atoms with van der Waals surface area (Å²) in [6.45, 7) is 2.17. The highest BCUT2D eigenvalue weighted by Crippen LogP contribution is 2.29. The van der Waals surface area contributed by atoms with E-state index in [9.17, 15) is 0 Å². The molecule has 1 aliphatic heterocycles. The molecule has 2 nitrogen and oxygen atoms in total. The molecule has 68 valence electrons. The Bertz CT molecular complexity index is 305. The molecule has 0 bridgehead atoms. The van der Waals surface area contributed by atoms with Crippen molar-refractivity contribution in [3.8, 4) is 0 Å². The molecule has 0 amide bonds. The highest BCUT2D eigenvalue weighted by molar-refractivity contribution is 7.98. The first-order valence-corrected chi connectivity index (χ1v) is 5.45. The summed E-state index contributed by atoms with van der Waals surface area (Å²) in [5.41, 5.74) is 2.66. The predicted molar refractivity (Wildman–Crippen MR) is 55.9 cm³/mol. The van der Waals surface area contributed by atoms with Crippen molar-refractivity contribution in [1.29, 1.82) is 0 Å². The van der Waals surface area contributed by atoms with Crippen LogP contribution in [0.2, 0.25) is 0 Å². The van der Waals surface area contributed by atoms with E-state index in [4.69, 9.17) is 0 Å². The zero-order valence-electron chi connectivity index (χ0n) is 7.60. The van der Waals surface area contributed by atoms with Gasteiger partial charge in [-0.3, -0.25) is 0 Å². The minimum absolute atomic E-state index is 0.288. The molecule has 0 aliphatic carbocycles. The molecule has 3 heteroatoms. The van der Waals surface area contributed by atoms with Crippen molar-refractivity contribution in [3.63, 3.8) is 0 Å². The third kappa shape index (κ3) is 1.91. The van der Waals surface area contributed by atoms with E-state index in [0.29, 0.717) is 0 Å². The molecule has 1 aliphatic rings. The second-order valence-corrected chi connectivity index (χ2v) is 3.86. The van der Waals surface area contributed by atoms with Crippen LogP contribution in [0.5, 0.6) is 0 Å². The lowest BCUT2D eigenvalue weighted by Crippen LogP contribution is -1.94. The Morgan fingerprint density at radius 2 is 2.15 bits per heavy atom. The van der Waals surface area contributed by atoms with Gasteiger partial charge in [0.15, 0.2) is 0 Å². The summed E-state index contributed by atoms with van der Waals surface area (Å²) in [7, 11) is 0. The highest BCUT2D eigenvalue weighted by Gasteiger charge is 2.14. The summed E-state index contributed by atoms with van der Waals surface area (Å²) >= 11 is 1.55. The van der Waals surface area contributed by atoms with Crippen molar-refractivity contribution in [2.24, 2.45) is 9.63 Å². The van der Waals surface area contributed by atoms with E-state index in [1.807, 2.05) is 0 Å². The molecule has 1 aromatic rings. The Hall–Kier alpha value is -0.830. The first kappa shape index (κ1) is 8.75. The maximum absolute atomic E-state index is 4.15. The van der Waals surface area contributed by atoms with Crippen molar-refractivity contribution in [2.45, 2.75) is 19.4 Å². The number of nitrogens with zero attached hydrogens (tertiary/aromatic N) is 2. The zero-order chi connectivity index (χ0) is 9.10. The molecule has 0 fully saturated rings. The number of hydrogen-bond acceptors (Lipinski definition) is 3. The summed E-state index contributed by atoms with van der Waals surface area (Å²) in [6.07, 6.45) is 1.10. The predicted octanol–water partition coefficient (Wildman–Crippen LogP) is 3.40. The maximum Gasteiger partial charge on any atom is 0.108 e. The topological polar surface area (TPSA) is 24.7 Å². The van der Waals surface area contributed by atoms with Gasteiger partial charge < -0.3 is 0 Å². The second-order valence-electron chi connectivity index (χ2n) is 3.10. The van der Waals surface area contributed by atoms with Gasteiger partial charge in [-0.15, -0.1) is 4.52 Å². The fourth-order valence-corrected chi connectivity index (χ4v) is 2.01. The van der Waals surface area contributed by atoms with Gasteiger partial charge in [-0.25, -0.2) is 0 Å². The first-order chi connectivity index (χ1) is 6.40. The molecule has 13 heavy (non-hydrogen) atoms. The molecule has 1 heterocycles. The van der Waals surface area contributed by atoms with E-state index in [2.05, 4.69) is 40.8 Å². The van der Waals surface area contributed by atoms with Crippen molar-refractivity contribution in [2.75, 3.05) is 5.75 Å². The molecule has 2 rings (SSSR count). The van der Waals surface area contributed by atoms with Gasteiger partial charge in [0.2, 0.25) is 0 Å². The Labute approximate surface area is 82.6 Å². The van der Waals surface area contributed by atoms with Crippen LogP contribution >= 0.6 is 11.9 Å². The van der Waals surface area contributed by atoms with Crippen LogP contribution in [-0.2, 0) is 6.42 Å².